The SMILES string of the molecule is COc1ccccc1NC(=O)O[C@@H]1CCCC[C@H]1C. The van der Waals surface area contributed by atoms with E-state index in [0.29, 0.717) is 17.4 Å². The number of para-hydroxylation sites is 2. The lowest BCUT2D eigenvalue weighted by atomic mass is 9.88. The van der Waals surface area contributed by atoms with E-state index in [1.807, 2.05) is 12.1 Å². The average Bonchev–Trinajstić information content (AvgIpc) is 2.42. The highest BCUT2D eigenvalue weighted by Gasteiger charge is 2.25. The van der Waals surface area contributed by atoms with Crippen molar-refractivity contribution in [3.8, 4) is 5.75 Å². The Labute approximate surface area is 114 Å². The molecule has 0 radical (unpaired) electrons. The Morgan fingerprint density at radius 1 is 1.26 bits per heavy atom. The van der Waals surface area contributed by atoms with Gasteiger partial charge in [0.05, 0.1) is 12.8 Å². The molecule has 0 heterocycles. The van der Waals surface area contributed by atoms with E-state index in [2.05, 4.69) is 12.2 Å². The fourth-order valence-corrected chi connectivity index (χ4v) is 2.48. The molecule has 1 aromatic carbocycles. The van der Waals surface area contributed by atoms with Gasteiger partial charge in [0.1, 0.15) is 11.9 Å². The molecule has 1 aromatic rings. The third kappa shape index (κ3) is 3.63. The van der Waals surface area contributed by atoms with Crippen molar-refractivity contribution < 1.29 is 14.3 Å². The lowest BCUT2D eigenvalue weighted by Crippen LogP contribution is -2.30. The molecule has 0 unspecified atom stereocenters. The van der Waals surface area contributed by atoms with Crippen LogP contribution in [0.5, 0.6) is 5.75 Å². The van der Waals surface area contributed by atoms with Crippen molar-refractivity contribution in [2.75, 3.05) is 12.4 Å². The van der Waals surface area contributed by atoms with Crippen LogP contribution >= 0.6 is 0 Å². The second kappa shape index (κ2) is 6.45. The van der Waals surface area contributed by atoms with Gasteiger partial charge in [0.2, 0.25) is 0 Å². The molecule has 0 bridgehead atoms. The van der Waals surface area contributed by atoms with Gasteiger partial charge >= 0.3 is 6.09 Å². The zero-order chi connectivity index (χ0) is 13.7. The van der Waals surface area contributed by atoms with Gasteiger partial charge in [-0.3, -0.25) is 5.32 Å². The predicted molar refractivity (Wildman–Crippen MR) is 74.5 cm³/mol. The number of carbonyl (C=O) groups is 1. The minimum absolute atomic E-state index is 0.0310. The molecule has 1 fully saturated rings. The Balaban J connectivity index is 1.93. The number of anilines is 1. The molecule has 0 spiro atoms. The van der Waals surface area contributed by atoms with E-state index in [4.69, 9.17) is 9.47 Å². The third-order valence-corrected chi connectivity index (χ3v) is 3.63. The smallest absolute Gasteiger partial charge is 0.412 e. The molecule has 0 aromatic heterocycles. The summed E-state index contributed by atoms with van der Waals surface area (Å²) in [5.41, 5.74) is 0.637. The van der Waals surface area contributed by atoms with Crippen LogP contribution in [-0.4, -0.2) is 19.3 Å². The highest BCUT2D eigenvalue weighted by Crippen LogP contribution is 2.27. The molecule has 0 aliphatic heterocycles. The summed E-state index contributed by atoms with van der Waals surface area (Å²) in [4.78, 5) is 11.9. The number of methoxy groups -OCH3 is 1. The molecule has 1 saturated carbocycles. The van der Waals surface area contributed by atoms with Crippen LogP contribution in [-0.2, 0) is 4.74 Å². The third-order valence-electron chi connectivity index (χ3n) is 3.63. The van der Waals surface area contributed by atoms with Crippen LogP contribution in [0, 0.1) is 5.92 Å². The molecule has 2 rings (SSSR count). The van der Waals surface area contributed by atoms with Crippen LogP contribution in [0.25, 0.3) is 0 Å². The summed E-state index contributed by atoms with van der Waals surface area (Å²) in [5.74, 6) is 1.08. The van der Waals surface area contributed by atoms with Crippen molar-refractivity contribution in [3.63, 3.8) is 0 Å². The number of carbonyl (C=O) groups excluding carboxylic acids is 1. The highest BCUT2D eigenvalue weighted by atomic mass is 16.6. The number of ether oxygens (including phenoxy) is 2. The van der Waals surface area contributed by atoms with Gasteiger partial charge in [-0.15, -0.1) is 0 Å². The topological polar surface area (TPSA) is 47.6 Å². The van der Waals surface area contributed by atoms with E-state index in [9.17, 15) is 4.79 Å². The van der Waals surface area contributed by atoms with Gasteiger partial charge in [-0.25, -0.2) is 4.79 Å². The zero-order valence-corrected chi connectivity index (χ0v) is 11.5. The van der Waals surface area contributed by atoms with E-state index in [0.717, 1.165) is 19.3 Å². The minimum Gasteiger partial charge on any atom is -0.495 e. The molecule has 1 aliphatic rings. The van der Waals surface area contributed by atoms with Crippen LogP contribution in [0.4, 0.5) is 10.5 Å². The Morgan fingerprint density at radius 3 is 2.74 bits per heavy atom. The number of nitrogens with one attached hydrogen (secondary N) is 1. The first-order chi connectivity index (χ1) is 9.20. The van der Waals surface area contributed by atoms with Crippen molar-refractivity contribution >= 4 is 11.8 Å². The molecule has 1 N–H and O–H groups in total. The molecule has 4 nitrogen and oxygen atoms in total. The molecule has 4 heteroatoms. The standard InChI is InChI=1S/C15H21NO3/c1-11-7-3-5-9-13(11)19-15(17)16-12-8-4-6-10-14(12)18-2/h4,6,8,10-11,13H,3,5,7,9H2,1-2H3,(H,16,17)/t11-,13-/m1/s1. The summed E-state index contributed by atoms with van der Waals surface area (Å²) < 4.78 is 10.7. The van der Waals surface area contributed by atoms with E-state index in [1.165, 1.54) is 6.42 Å². The molecule has 19 heavy (non-hydrogen) atoms. The van der Waals surface area contributed by atoms with Crippen LogP contribution < -0.4 is 10.1 Å². The second-order valence-corrected chi connectivity index (χ2v) is 5.03. The van der Waals surface area contributed by atoms with Gasteiger partial charge in [0, 0.05) is 0 Å². The van der Waals surface area contributed by atoms with E-state index < -0.39 is 6.09 Å². The molecule has 1 aliphatic carbocycles. The van der Waals surface area contributed by atoms with E-state index in [-0.39, 0.29) is 6.10 Å². The van der Waals surface area contributed by atoms with E-state index in [1.54, 1.807) is 19.2 Å². The van der Waals surface area contributed by atoms with Gasteiger partial charge < -0.3 is 9.47 Å². The van der Waals surface area contributed by atoms with Crippen LogP contribution in [0.1, 0.15) is 32.6 Å². The maximum absolute atomic E-state index is 11.9. The predicted octanol–water partition coefficient (Wildman–Crippen LogP) is 3.82. The number of rotatable bonds is 3. The number of benzene rings is 1. The van der Waals surface area contributed by atoms with Crippen molar-refractivity contribution in [1.82, 2.24) is 0 Å². The molecular weight excluding hydrogens is 242 g/mol. The first-order valence-electron chi connectivity index (χ1n) is 6.81. The van der Waals surface area contributed by atoms with Crippen LogP contribution in [0.15, 0.2) is 24.3 Å². The number of hydrogen-bond acceptors (Lipinski definition) is 3. The fourth-order valence-electron chi connectivity index (χ4n) is 2.48. The second-order valence-electron chi connectivity index (χ2n) is 5.03. The Morgan fingerprint density at radius 2 is 2.00 bits per heavy atom. The summed E-state index contributed by atoms with van der Waals surface area (Å²) in [5, 5.41) is 2.74. The normalized spacial score (nSPS) is 22.6. The summed E-state index contributed by atoms with van der Waals surface area (Å²) >= 11 is 0. The Hall–Kier alpha value is -1.71. The average molecular weight is 263 g/mol. The summed E-state index contributed by atoms with van der Waals surface area (Å²) in [7, 11) is 1.58. The summed E-state index contributed by atoms with van der Waals surface area (Å²) in [6, 6.07) is 7.31. The van der Waals surface area contributed by atoms with Crippen molar-refractivity contribution in [2.45, 2.75) is 38.7 Å². The van der Waals surface area contributed by atoms with Gasteiger partial charge in [0.25, 0.3) is 0 Å². The summed E-state index contributed by atoms with van der Waals surface area (Å²) in [6.45, 7) is 2.14. The van der Waals surface area contributed by atoms with Crippen molar-refractivity contribution in [2.24, 2.45) is 5.92 Å². The number of amides is 1. The van der Waals surface area contributed by atoms with E-state index >= 15 is 0 Å². The van der Waals surface area contributed by atoms with Crippen LogP contribution in [0.2, 0.25) is 0 Å². The fraction of sp³-hybridized carbons (Fsp3) is 0.533. The number of hydrogen-bond donors (Lipinski definition) is 1. The first kappa shape index (κ1) is 13.7. The molecule has 0 saturated heterocycles. The molecule has 1 amide bonds. The Bertz CT molecular complexity index is 433. The minimum atomic E-state index is -0.400. The summed E-state index contributed by atoms with van der Waals surface area (Å²) in [6.07, 6.45) is 4.09. The van der Waals surface area contributed by atoms with Gasteiger partial charge in [-0.2, -0.15) is 0 Å². The molecule has 2 atom stereocenters. The monoisotopic (exact) mass is 263 g/mol. The largest absolute Gasteiger partial charge is 0.495 e. The maximum atomic E-state index is 11.9. The molecule has 104 valence electrons. The van der Waals surface area contributed by atoms with Crippen molar-refractivity contribution in [3.05, 3.63) is 24.3 Å². The van der Waals surface area contributed by atoms with Crippen LogP contribution in [0.3, 0.4) is 0 Å². The first-order valence-corrected chi connectivity index (χ1v) is 6.81. The quantitative estimate of drug-likeness (QED) is 0.901. The van der Waals surface area contributed by atoms with Crippen molar-refractivity contribution in [1.29, 1.82) is 0 Å². The lowest BCUT2D eigenvalue weighted by molar-refractivity contribution is 0.0524. The lowest BCUT2D eigenvalue weighted by Gasteiger charge is -2.28. The zero-order valence-electron chi connectivity index (χ0n) is 11.5. The molecular formula is C15H21NO3. The Kier molecular flexibility index (Phi) is 4.66. The van der Waals surface area contributed by atoms with Gasteiger partial charge in [-0.05, 0) is 37.3 Å². The highest BCUT2D eigenvalue weighted by molar-refractivity contribution is 5.86. The van der Waals surface area contributed by atoms with Gasteiger partial charge in [0.15, 0.2) is 0 Å². The van der Waals surface area contributed by atoms with Gasteiger partial charge in [-0.1, -0.05) is 25.5 Å². The maximum Gasteiger partial charge on any atom is 0.412 e.